The number of nitrogens with one attached hydrogen (secondary N) is 2. The van der Waals surface area contributed by atoms with Gasteiger partial charge in [0.1, 0.15) is 0 Å². The third kappa shape index (κ3) is 5.55. The van der Waals surface area contributed by atoms with Crippen molar-refractivity contribution in [3.63, 3.8) is 0 Å². The number of nitrogens with two attached hydrogens (primary N) is 1. The molecular weight excluding hydrogens is 359 g/mol. The first-order chi connectivity index (χ1) is 12.6. The Morgan fingerprint density at radius 1 is 0.963 bits per heavy atom. The molecule has 0 saturated heterocycles. The fourth-order valence-electron chi connectivity index (χ4n) is 2.24. The van der Waals surface area contributed by atoms with Crippen LogP contribution in [-0.4, -0.2) is 17.9 Å². The van der Waals surface area contributed by atoms with Crippen molar-refractivity contribution in [3.05, 3.63) is 59.7 Å². The SMILES string of the molecule is CC(C)[C@H](N)C(=O)Nc1cccc(C(=O)Nc2cccc(C(F)(F)F)c2)c1. The van der Waals surface area contributed by atoms with Crippen LogP contribution in [0.4, 0.5) is 24.5 Å². The Labute approximate surface area is 154 Å². The predicted octanol–water partition coefficient (Wildman–Crippen LogP) is 3.88. The lowest BCUT2D eigenvalue weighted by Crippen LogP contribution is -2.39. The van der Waals surface area contributed by atoms with E-state index in [9.17, 15) is 22.8 Å². The Hall–Kier alpha value is -2.87. The molecule has 27 heavy (non-hydrogen) atoms. The molecule has 1 atom stereocenters. The van der Waals surface area contributed by atoms with Gasteiger partial charge in [0.25, 0.3) is 5.91 Å². The van der Waals surface area contributed by atoms with Gasteiger partial charge in [0.15, 0.2) is 0 Å². The van der Waals surface area contributed by atoms with E-state index in [4.69, 9.17) is 5.73 Å². The average Bonchev–Trinajstić information content (AvgIpc) is 2.60. The average molecular weight is 379 g/mol. The van der Waals surface area contributed by atoms with Crippen molar-refractivity contribution < 1.29 is 22.8 Å². The maximum atomic E-state index is 12.8. The maximum Gasteiger partial charge on any atom is 0.416 e. The summed E-state index contributed by atoms with van der Waals surface area (Å²) in [6.45, 7) is 3.62. The first kappa shape index (κ1) is 20.4. The molecule has 0 saturated carbocycles. The van der Waals surface area contributed by atoms with E-state index in [0.717, 1.165) is 12.1 Å². The molecule has 0 aliphatic rings. The number of carbonyl (C=O) groups excluding carboxylic acids is 2. The number of halogens is 3. The Morgan fingerprint density at radius 3 is 2.15 bits per heavy atom. The normalized spacial score (nSPS) is 12.6. The summed E-state index contributed by atoms with van der Waals surface area (Å²) in [6, 6.07) is 9.70. The molecule has 0 heterocycles. The van der Waals surface area contributed by atoms with E-state index in [2.05, 4.69) is 10.6 Å². The van der Waals surface area contributed by atoms with Gasteiger partial charge in [-0.2, -0.15) is 13.2 Å². The van der Waals surface area contributed by atoms with E-state index in [1.165, 1.54) is 24.3 Å². The standard InChI is InChI=1S/C19H20F3N3O2/c1-11(2)16(23)18(27)25-14-7-3-5-12(9-14)17(26)24-15-8-4-6-13(10-15)19(20,21)22/h3-11,16H,23H2,1-2H3,(H,24,26)(H,25,27)/t16-/m0/s1. The molecule has 0 aromatic heterocycles. The lowest BCUT2D eigenvalue weighted by atomic mass is 10.0. The second-order valence-corrected chi connectivity index (χ2v) is 6.37. The Balaban J connectivity index is 2.13. The second kappa shape index (κ2) is 8.22. The number of anilines is 2. The lowest BCUT2D eigenvalue weighted by Gasteiger charge is -2.15. The molecule has 2 aromatic carbocycles. The monoisotopic (exact) mass is 379 g/mol. The van der Waals surface area contributed by atoms with Crippen LogP contribution in [0.1, 0.15) is 29.8 Å². The van der Waals surface area contributed by atoms with Crippen LogP contribution in [0.3, 0.4) is 0 Å². The number of carbonyl (C=O) groups is 2. The van der Waals surface area contributed by atoms with Crippen LogP contribution in [-0.2, 0) is 11.0 Å². The van der Waals surface area contributed by atoms with Gasteiger partial charge in [-0.25, -0.2) is 0 Å². The minimum absolute atomic E-state index is 0.0195. The van der Waals surface area contributed by atoms with Gasteiger partial charge in [-0.05, 0) is 42.3 Å². The molecule has 4 N–H and O–H groups in total. The van der Waals surface area contributed by atoms with Crippen molar-refractivity contribution in [1.29, 1.82) is 0 Å². The zero-order valence-corrected chi connectivity index (χ0v) is 14.8. The fraction of sp³-hybridized carbons (Fsp3) is 0.263. The minimum atomic E-state index is -4.50. The highest BCUT2D eigenvalue weighted by Gasteiger charge is 2.30. The zero-order chi connectivity index (χ0) is 20.2. The number of rotatable bonds is 5. The zero-order valence-electron chi connectivity index (χ0n) is 14.8. The fourth-order valence-corrected chi connectivity index (χ4v) is 2.24. The summed E-state index contributed by atoms with van der Waals surface area (Å²) in [5, 5.41) is 5.03. The van der Waals surface area contributed by atoms with Gasteiger partial charge < -0.3 is 16.4 Å². The van der Waals surface area contributed by atoms with Crippen LogP contribution in [0.15, 0.2) is 48.5 Å². The summed E-state index contributed by atoms with van der Waals surface area (Å²) >= 11 is 0. The van der Waals surface area contributed by atoms with Crippen LogP contribution in [0.2, 0.25) is 0 Å². The molecule has 0 spiro atoms. The maximum absolute atomic E-state index is 12.8. The van der Waals surface area contributed by atoms with Gasteiger partial charge in [-0.3, -0.25) is 9.59 Å². The molecule has 2 rings (SSSR count). The summed E-state index contributed by atoms with van der Waals surface area (Å²) in [6.07, 6.45) is -4.50. The number of alkyl halides is 3. The summed E-state index contributed by atoms with van der Waals surface area (Å²) in [7, 11) is 0. The third-order valence-corrected chi connectivity index (χ3v) is 3.86. The highest BCUT2D eigenvalue weighted by atomic mass is 19.4. The molecule has 0 aliphatic heterocycles. The van der Waals surface area contributed by atoms with Crippen molar-refractivity contribution >= 4 is 23.2 Å². The van der Waals surface area contributed by atoms with Gasteiger partial charge in [0, 0.05) is 16.9 Å². The van der Waals surface area contributed by atoms with Gasteiger partial charge in [-0.1, -0.05) is 26.0 Å². The highest BCUT2D eigenvalue weighted by molar-refractivity contribution is 6.05. The first-order valence-corrected chi connectivity index (χ1v) is 8.23. The molecule has 0 aliphatic carbocycles. The van der Waals surface area contributed by atoms with Crippen LogP contribution in [0, 0.1) is 5.92 Å². The number of hydrogen-bond acceptors (Lipinski definition) is 3. The number of benzene rings is 2. The molecule has 0 unspecified atom stereocenters. The molecular formula is C19H20F3N3O2. The van der Waals surface area contributed by atoms with Gasteiger partial charge >= 0.3 is 6.18 Å². The largest absolute Gasteiger partial charge is 0.416 e. The second-order valence-electron chi connectivity index (χ2n) is 6.37. The molecule has 2 aromatic rings. The number of hydrogen-bond donors (Lipinski definition) is 3. The molecule has 5 nitrogen and oxygen atoms in total. The Kier molecular flexibility index (Phi) is 6.22. The minimum Gasteiger partial charge on any atom is -0.325 e. The summed E-state index contributed by atoms with van der Waals surface area (Å²) in [4.78, 5) is 24.3. The van der Waals surface area contributed by atoms with E-state index < -0.39 is 23.7 Å². The van der Waals surface area contributed by atoms with E-state index in [-0.39, 0.29) is 23.1 Å². The van der Waals surface area contributed by atoms with E-state index in [1.807, 2.05) is 13.8 Å². The smallest absolute Gasteiger partial charge is 0.325 e. The van der Waals surface area contributed by atoms with Gasteiger partial charge in [-0.15, -0.1) is 0 Å². The molecule has 0 radical (unpaired) electrons. The predicted molar refractivity (Wildman–Crippen MR) is 97.3 cm³/mol. The van der Waals surface area contributed by atoms with E-state index in [1.54, 1.807) is 12.1 Å². The molecule has 8 heteroatoms. The van der Waals surface area contributed by atoms with Crippen LogP contribution < -0.4 is 16.4 Å². The molecule has 2 amide bonds. The Morgan fingerprint density at radius 2 is 1.56 bits per heavy atom. The molecule has 0 bridgehead atoms. The summed E-state index contributed by atoms with van der Waals surface area (Å²) in [5.41, 5.74) is 5.49. The van der Waals surface area contributed by atoms with Crippen LogP contribution in [0.5, 0.6) is 0 Å². The molecule has 0 fully saturated rings. The van der Waals surface area contributed by atoms with Crippen LogP contribution in [0.25, 0.3) is 0 Å². The summed E-state index contributed by atoms with van der Waals surface area (Å²) < 4.78 is 38.3. The molecule has 144 valence electrons. The van der Waals surface area contributed by atoms with E-state index >= 15 is 0 Å². The lowest BCUT2D eigenvalue weighted by molar-refractivity contribution is -0.137. The van der Waals surface area contributed by atoms with Crippen molar-refractivity contribution in [2.24, 2.45) is 11.7 Å². The van der Waals surface area contributed by atoms with Gasteiger partial charge in [0.2, 0.25) is 5.91 Å². The Bertz CT molecular complexity index is 835. The summed E-state index contributed by atoms with van der Waals surface area (Å²) in [5.74, 6) is -1.04. The van der Waals surface area contributed by atoms with Crippen molar-refractivity contribution in [2.45, 2.75) is 26.1 Å². The van der Waals surface area contributed by atoms with Crippen molar-refractivity contribution in [1.82, 2.24) is 0 Å². The van der Waals surface area contributed by atoms with E-state index in [0.29, 0.717) is 5.69 Å². The number of amides is 2. The van der Waals surface area contributed by atoms with Crippen molar-refractivity contribution in [3.8, 4) is 0 Å². The topological polar surface area (TPSA) is 84.2 Å². The quantitative estimate of drug-likeness (QED) is 0.737. The van der Waals surface area contributed by atoms with Crippen LogP contribution >= 0.6 is 0 Å². The first-order valence-electron chi connectivity index (χ1n) is 8.23. The highest BCUT2D eigenvalue weighted by Crippen LogP contribution is 2.30. The van der Waals surface area contributed by atoms with Crippen molar-refractivity contribution in [2.75, 3.05) is 10.6 Å². The third-order valence-electron chi connectivity index (χ3n) is 3.86. The van der Waals surface area contributed by atoms with Gasteiger partial charge in [0.05, 0.1) is 11.6 Å².